The number of hydrogen-bond donors (Lipinski definition) is 0. The van der Waals surface area contributed by atoms with E-state index in [4.69, 9.17) is 0 Å². The summed E-state index contributed by atoms with van der Waals surface area (Å²) in [7, 11) is 0. The average molecular weight is 589 g/mol. The normalized spacial score (nSPS) is 11.4. The van der Waals surface area contributed by atoms with E-state index in [0.29, 0.717) is 0 Å². The molecular weight excluding hydrogens is 553 g/mol. The summed E-state index contributed by atoms with van der Waals surface area (Å²) >= 11 is 0. The second-order valence-electron chi connectivity index (χ2n) is 12.3. The summed E-state index contributed by atoms with van der Waals surface area (Å²) in [6.45, 7) is 4.50. The molecule has 0 aliphatic carbocycles. The average Bonchev–Trinajstić information content (AvgIpc) is 3.11. The molecule has 0 saturated carbocycles. The molecule has 0 unspecified atom stereocenters. The minimum absolute atomic E-state index is 1.04. The zero-order valence-electron chi connectivity index (χ0n) is 26.4. The van der Waals surface area contributed by atoms with Gasteiger partial charge in [-0.3, -0.25) is 0 Å². The largest absolute Gasteiger partial charge is 0.0651 e. The SMILES string of the molecule is CCCc1c(-c2cccc(-c3c4ccccc4c(-c4cccc5ccccc45)c4ccccc34)c2)cccc1-c1ccccc1C. The van der Waals surface area contributed by atoms with Crippen molar-refractivity contribution >= 4 is 32.3 Å². The van der Waals surface area contributed by atoms with E-state index in [0.717, 1.165) is 12.8 Å². The molecule has 0 bridgehead atoms. The van der Waals surface area contributed by atoms with E-state index in [1.54, 1.807) is 0 Å². The monoisotopic (exact) mass is 588 g/mol. The Kier molecular flexibility index (Phi) is 7.20. The lowest BCUT2D eigenvalue weighted by Crippen LogP contribution is -1.96. The van der Waals surface area contributed by atoms with Crippen molar-refractivity contribution in [2.45, 2.75) is 26.7 Å². The maximum Gasteiger partial charge on any atom is -0.00201 e. The number of rotatable bonds is 6. The fourth-order valence-corrected chi connectivity index (χ4v) is 7.52. The highest BCUT2D eigenvalue weighted by atomic mass is 14.2. The standard InChI is InChI=1S/C46H36/c1-3-15-38-37(27-14-28-39(38)35-21-6-4-16-31(35)2)33-19-12-20-34(30-33)45-41-23-8-10-25-43(41)46(44-26-11-9-24-42(44)45)40-29-13-18-32-17-5-7-22-36(32)40/h4-14,16-30H,3,15H2,1-2H3. The molecule has 0 amide bonds. The summed E-state index contributed by atoms with van der Waals surface area (Å²) in [5.41, 5.74) is 13.1. The van der Waals surface area contributed by atoms with Crippen LogP contribution in [0.4, 0.5) is 0 Å². The van der Waals surface area contributed by atoms with Crippen molar-refractivity contribution in [2.24, 2.45) is 0 Å². The Morgan fingerprint density at radius 1 is 0.391 bits per heavy atom. The van der Waals surface area contributed by atoms with E-state index in [1.807, 2.05) is 0 Å². The maximum absolute atomic E-state index is 2.42. The van der Waals surface area contributed by atoms with Gasteiger partial charge >= 0.3 is 0 Å². The van der Waals surface area contributed by atoms with Gasteiger partial charge in [-0.1, -0.05) is 165 Å². The molecule has 0 atom stereocenters. The van der Waals surface area contributed by atoms with Gasteiger partial charge in [-0.2, -0.15) is 0 Å². The van der Waals surface area contributed by atoms with Crippen molar-refractivity contribution in [3.63, 3.8) is 0 Å². The van der Waals surface area contributed by atoms with E-state index >= 15 is 0 Å². The fourth-order valence-electron chi connectivity index (χ4n) is 7.52. The molecule has 0 aromatic heterocycles. The summed E-state index contributed by atoms with van der Waals surface area (Å²) < 4.78 is 0. The molecule has 0 saturated heterocycles. The van der Waals surface area contributed by atoms with Gasteiger partial charge in [-0.05, 0) is 107 Å². The lowest BCUT2D eigenvalue weighted by Gasteiger charge is -2.20. The van der Waals surface area contributed by atoms with Gasteiger partial charge in [-0.15, -0.1) is 0 Å². The van der Waals surface area contributed by atoms with Crippen molar-refractivity contribution in [1.29, 1.82) is 0 Å². The Morgan fingerprint density at radius 3 is 1.61 bits per heavy atom. The van der Waals surface area contributed by atoms with Gasteiger partial charge in [0.2, 0.25) is 0 Å². The minimum atomic E-state index is 1.04. The van der Waals surface area contributed by atoms with Crippen LogP contribution in [0.25, 0.3) is 76.8 Å². The first kappa shape index (κ1) is 28.0. The topological polar surface area (TPSA) is 0 Å². The molecular formula is C46H36. The van der Waals surface area contributed by atoms with Gasteiger partial charge in [0.15, 0.2) is 0 Å². The van der Waals surface area contributed by atoms with E-state index < -0.39 is 0 Å². The third kappa shape index (κ3) is 4.70. The van der Waals surface area contributed by atoms with Gasteiger partial charge in [-0.25, -0.2) is 0 Å². The van der Waals surface area contributed by atoms with Crippen LogP contribution in [0, 0.1) is 6.92 Å². The van der Waals surface area contributed by atoms with Crippen LogP contribution in [-0.2, 0) is 6.42 Å². The Balaban J connectivity index is 1.39. The molecule has 46 heavy (non-hydrogen) atoms. The number of aryl methyl sites for hydroxylation is 1. The van der Waals surface area contributed by atoms with E-state index in [1.165, 1.54) is 88.0 Å². The third-order valence-corrected chi connectivity index (χ3v) is 9.56. The molecule has 0 fully saturated rings. The van der Waals surface area contributed by atoms with E-state index in [2.05, 4.69) is 172 Å². The second kappa shape index (κ2) is 11.8. The van der Waals surface area contributed by atoms with Crippen LogP contribution in [0.1, 0.15) is 24.5 Å². The highest BCUT2D eigenvalue weighted by Gasteiger charge is 2.19. The second-order valence-corrected chi connectivity index (χ2v) is 12.3. The van der Waals surface area contributed by atoms with Gasteiger partial charge in [0.1, 0.15) is 0 Å². The Bertz CT molecular complexity index is 2330. The summed E-state index contributed by atoms with van der Waals surface area (Å²) in [4.78, 5) is 0. The molecule has 0 spiro atoms. The van der Waals surface area contributed by atoms with Crippen LogP contribution in [0.15, 0.2) is 158 Å². The molecule has 0 N–H and O–H groups in total. The quantitative estimate of drug-likeness (QED) is 0.170. The first-order valence-electron chi connectivity index (χ1n) is 16.4. The molecule has 220 valence electrons. The van der Waals surface area contributed by atoms with Crippen molar-refractivity contribution in [2.75, 3.05) is 0 Å². The Morgan fingerprint density at radius 2 is 0.891 bits per heavy atom. The molecule has 0 heterocycles. The van der Waals surface area contributed by atoms with Crippen LogP contribution < -0.4 is 0 Å². The predicted octanol–water partition coefficient (Wildman–Crippen LogP) is 13.1. The molecule has 8 aromatic rings. The van der Waals surface area contributed by atoms with Crippen LogP contribution >= 0.6 is 0 Å². The Labute approximate surface area is 271 Å². The molecule has 0 nitrogen and oxygen atoms in total. The van der Waals surface area contributed by atoms with E-state index in [-0.39, 0.29) is 0 Å². The fraction of sp³-hybridized carbons (Fsp3) is 0.0870. The van der Waals surface area contributed by atoms with Gasteiger partial charge in [0.25, 0.3) is 0 Å². The van der Waals surface area contributed by atoms with Crippen LogP contribution in [0.2, 0.25) is 0 Å². The van der Waals surface area contributed by atoms with Crippen LogP contribution in [0.5, 0.6) is 0 Å². The summed E-state index contributed by atoms with van der Waals surface area (Å²) in [5.74, 6) is 0. The smallest absolute Gasteiger partial charge is 0.00201 e. The van der Waals surface area contributed by atoms with Gasteiger partial charge < -0.3 is 0 Å². The lowest BCUT2D eigenvalue weighted by atomic mass is 9.83. The Hall–Kier alpha value is -5.46. The summed E-state index contributed by atoms with van der Waals surface area (Å²) in [5, 5.41) is 7.68. The molecule has 0 heteroatoms. The van der Waals surface area contributed by atoms with Crippen molar-refractivity contribution in [3.05, 3.63) is 169 Å². The molecule has 0 aliphatic heterocycles. The molecule has 0 aliphatic rings. The van der Waals surface area contributed by atoms with Gasteiger partial charge in [0.05, 0.1) is 0 Å². The highest BCUT2D eigenvalue weighted by Crippen LogP contribution is 2.46. The molecule has 8 aromatic carbocycles. The summed E-state index contributed by atoms with van der Waals surface area (Å²) in [6.07, 6.45) is 2.14. The minimum Gasteiger partial charge on any atom is -0.0651 e. The van der Waals surface area contributed by atoms with Crippen molar-refractivity contribution in [3.8, 4) is 44.5 Å². The third-order valence-electron chi connectivity index (χ3n) is 9.56. The maximum atomic E-state index is 2.42. The lowest BCUT2D eigenvalue weighted by molar-refractivity contribution is 0.925. The number of hydrogen-bond acceptors (Lipinski definition) is 0. The zero-order chi connectivity index (χ0) is 31.0. The summed E-state index contributed by atoms with van der Waals surface area (Å²) in [6, 6.07) is 58.2. The van der Waals surface area contributed by atoms with Crippen LogP contribution in [-0.4, -0.2) is 0 Å². The number of fused-ring (bicyclic) bond motifs is 3. The molecule has 8 rings (SSSR count). The van der Waals surface area contributed by atoms with Crippen molar-refractivity contribution in [1.82, 2.24) is 0 Å². The van der Waals surface area contributed by atoms with Gasteiger partial charge in [0, 0.05) is 0 Å². The predicted molar refractivity (Wildman–Crippen MR) is 199 cm³/mol. The number of benzene rings is 8. The molecule has 0 radical (unpaired) electrons. The van der Waals surface area contributed by atoms with Crippen molar-refractivity contribution < 1.29 is 0 Å². The highest BCUT2D eigenvalue weighted by molar-refractivity contribution is 6.23. The first-order valence-corrected chi connectivity index (χ1v) is 16.4. The first-order chi connectivity index (χ1) is 22.7. The van der Waals surface area contributed by atoms with E-state index in [9.17, 15) is 0 Å². The zero-order valence-corrected chi connectivity index (χ0v) is 26.4. The van der Waals surface area contributed by atoms with Crippen LogP contribution in [0.3, 0.4) is 0 Å².